The molecule has 1 fully saturated rings. The first-order valence-corrected chi connectivity index (χ1v) is 10.8. The molecule has 0 aromatic heterocycles. The summed E-state index contributed by atoms with van der Waals surface area (Å²) in [5.41, 5.74) is -1.83. The van der Waals surface area contributed by atoms with Gasteiger partial charge in [-0.15, -0.1) is 0 Å². The molecule has 0 bridgehead atoms. The molecule has 0 spiro atoms. The molecule has 1 saturated heterocycles. The van der Waals surface area contributed by atoms with Gasteiger partial charge in [0.2, 0.25) is 0 Å². The summed E-state index contributed by atoms with van der Waals surface area (Å²) in [5, 5.41) is 27.6. The number of aliphatic carboxylic acids is 2. The molecule has 0 atom stereocenters. The molecule has 0 unspecified atom stereocenters. The fraction of sp³-hybridized carbons (Fsp3) is 0.636. The Hall–Kier alpha value is -0.0800. The van der Waals surface area contributed by atoms with Crippen LogP contribution in [0, 0.1) is 0 Å². The Morgan fingerprint density at radius 1 is 0.765 bits per heavy atom. The molecule has 0 amide bonds. The zero-order chi connectivity index (χ0) is 23.1. The summed E-state index contributed by atoms with van der Waals surface area (Å²) < 4.78 is 22.0. The average Bonchev–Trinajstić information content (AvgIpc) is 2.78. The van der Waals surface area contributed by atoms with Crippen molar-refractivity contribution in [3.05, 3.63) is 35.9 Å². The van der Waals surface area contributed by atoms with Crippen LogP contribution in [-0.4, -0.2) is 101 Å². The van der Waals surface area contributed by atoms with Gasteiger partial charge in [0.1, 0.15) is 5.54 Å². The first kappa shape index (κ1) is 33.9. The van der Waals surface area contributed by atoms with Gasteiger partial charge in [-0.3, -0.25) is 4.90 Å². The predicted molar refractivity (Wildman–Crippen MR) is 111 cm³/mol. The monoisotopic (exact) mass is 498 g/mol. The van der Waals surface area contributed by atoms with Gasteiger partial charge in [0.05, 0.1) is 64.8 Å². The van der Waals surface area contributed by atoms with Crippen molar-refractivity contribution in [1.82, 2.24) is 10.2 Å². The quantitative estimate of drug-likeness (QED) is 0.308. The fourth-order valence-electron chi connectivity index (χ4n) is 3.39. The van der Waals surface area contributed by atoms with E-state index in [2.05, 4.69) is 5.32 Å². The van der Waals surface area contributed by atoms with E-state index in [1.165, 1.54) is 4.90 Å². The Kier molecular flexibility index (Phi) is 20.0. The molecule has 2 rings (SSSR count). The molecule has 1 aromatic rings. The van der Waals surface area contributed by atoms with Crippen LogP contribution >= 0.6 is 0 Å². The van der Waals surface area contributed by atoms with Crippen molar-refractivity contribution < 1.29 is 97.9 Å². The minimum Gasteiger partial charge on any atom is -0.548 e. The Labute approximate surface area is 245 Å². The van der Waals surface area contributed by atoms with Gasteiger partial charge in [0, 0.05) is 32.6 Å². The van der Waals surface area contributed by atoms with Gasteiger partial charge in [-0.1, -0.05) is 30.3 Å². The number of carbonyl (C=O) groups is 2. The van der Waals surface area contributed by atoms with Gasteiger partial charge >= 0.3 is 59.1 Å². The zero-order valence-corrected chi connectivity index (χ0v) is 24.3. The Morgan fingerprint density at radius 3 is 1.65 bits per heavy atom. The van der Waals surface area contributed by atoms with E-state index in [0.29, 0.717) is 58.3 Å². The summed E-state index contributed by atoms with van der Waals surface area (Å²) >= 11 is 0. The van der Waals surface area contributed by atoms with E-state index in [4.69, 9.17) is 18.9 Å². The molecule has 12 heteroatoms. The molecule has 1 N–H and O–H groups in total. The molecule has 34 heavy (non-hydrogen) atoms. The van der Waals surface area contributed by atoms with Crippen molar-refractivity contribution in [3.8, 4) is 0 Å². The van der Waals surface area contributed by atoms with E-state index in [0.717, 1.165) is 0 Å². The number of rotatable bonds is 5. The van der Waals surface area contributed by atoms with Gasteiger partial charge in [0.25, 0.3) is 0 Å². The fourth-order valence-corrected chi connectivity index (χ4v) is 3.39. The maximum atomic E-state index is 12.2. The second-order valence-electron chi connectivity index (χ2n) is 7.28. The van der Waals surface area contributed by atoms with Crippen molar-refractivity contribution >= 4 is 11.9 Å². The number of carboxylic acid groups (broad SMARTS) is 2. The van der Waals surface area contributed by atoms with Crippen LogP contribution in [0.5, 0.6) is 0 Å². The molecule has 1 aliphatic rings. The van der Waals surface area contributed by atoms with Gasteiger partial charge in [-0.05, 0) is 5.56 Å². The molecule has 1 heterocycles. The third-order valence-electron chi connectivity index (χ3n) is 5.12. The molecule has 10 nitrogen and oxygen atoms in total. The second-order valence-corrected chi connectivity index (χ2v) is 7.28. The van der Waals surface area contributed by atoms with Crippen LogP contribution in [0.1, 0.15) is 5.56 Å². The minimum atomic E-state index is -2.37. The number of nitrogens with zero attached hydrogens (tertiary/aromatic N) is 1. The molecule has 1 aromatic carbocycles. The largest absolute Gasteiger partial charge is 1.00 e. The van der Waals surface area contributed by atoms with Crippen LogP contribution in [0.2, 0.25) is 0 Å². The Morgan fingerprint density at radius 2 is 1.21 bits per heavy atom. The van der Waals surface area contributed by atoms with E-state index < -0.39 is 17.5 Å². The van der Waals surface area contributed by atoms with Crippen LogP contribution in [-0.2, 0) is 35.0 Å². The number of benzene rings is 1. The topological polar surface area (TPSA) is 132 Å². The smallest absolute Gasteiger partial charge is 0.548 e. The molecule has 1 aliphatic heterocycles. The first-order chi connectivity index (χ1) is 15.6. The number of hydrogen-bond donors (Lipinski definition) is 1. The molecule has 0 aliphatic carbocycles. The summed E-state index contributed by atoms with van der Waals surface area (Å²) in [4.78, 5) is 25.7. The summed E-state index contributed by atoms with van der Waals surface area (Å²) in [6, 6.07) is 8.53. The molecule has 0 saturated carbocycles. The average molecular weight is 498 g/mol. The molecule has 0 radical (unpaired) electrons. The van der Waals surface area contributed by atoms with Crippen LogP contribution < -0.4 is 74.6 Å². The van der Waals surface area contributed by atoms with Crippen molar-refractivity contribution in [1.29, 1.82) is 0 Å². The van der Waals surface area contributed by atoms with Gasteiger partial charge in [0.15, 0.2) is 0 Å². The molecular formula is C22H32N2Na2O8. The maximum Gasteiger partial charge on any atom is 1.00 e. The van der Waals surface area contributed by atoms with E-state index in [-0.39, 0.29) is 91.8 Å². The van der Waals surface area contributed by atoms with Gasteiger partial charge in [-0.2, -0.15) is 0 Å². The van der Waals surface area contributed by atoms with Crippen molar-refractivity contribution in [2.45, 2.75) is 12.0 Å². The van der Waals surface area contributed by atoms with E-state index in [1.54, 1.807) is 30.3 Å². The Balaban J connectivity index is 0.00000544. The number of hydrogen-bond acceptors (Lipinski definition) is 10. The summed E-state index contributed by atoms with van der Waals surface area (Å²) in [6.45, 7) is 4.07. The van der Waals surface area contributed by atoms with Gasteiger partial charge < -0.3 is 44.1 Å². The summed E-state index contributed by atoms with van der Waals surface area (Å²) in [7, 11) is 0. The first-order valence-electron chi connectivity index (χ1n) is 10.8. The molecule has 180 valence electrons. The summed E-state index contributed by atoms with van der Waals surface area (Å²) in [6.07, 6.45) is -0.308. The van der Waals surface area contributed by atoms with Gasteiger partial charge in [-0.25, -0.2) is 0 Å². The SMILES string of the molecule is O=C([O-])C(Cc1ccccc1)(C(=O)[O-])N1CCOCCOCCNCCOCCOCC1.[Na+].[Na+]. The molecular weight excluding hydrogens is 466 g/mol. The number of carbonyl (C=O) groups excluding carboxylic acids is 2. The number of nitrogens with one attached hydrogen (secondary N) is 1. The van der Waals surface area contributed by atoms with E-state index >= 15 is 0 Å². The normalized spacial score (nSPS) is 18.4. The third-order valence-corrected chi connectivity index (χ3v) is 5.12. The Bertz CT molecular complexity index is 652. The third kappa shape index (κ3) is 11.8. The second kappa shape index (κ2) is 20.0. The zero-order valence-electron chi connectivity index (χ0n) is 20.3. The summed E-state index contributed by atoms with van der Waals surface area (Å²) in [5.74, 6) is -3.47. The standard InChI is InChI=1S/C22H34N2O8.2Na/c25-20(26)22(21(27)28,18-19-4-2-1-3-5-19)24-8-12-31-16-14-29-10-6-23-7-11-30-15-17-32-13-9-24;;/h1-5,23H,6-18H2,(H,25,26)(H,27,28);;/q;2*+1/p-2. The van der Waals surface area contributed by atoms with E-state index in [1.807, 2.05) is 0 Å². The predicted octanol–water partition coefficient (Wildman–Crippen LogP) is -8.55. The number of ether oxygens (including phenoxy) is 4. The van der Waals surface area contributed by atoms with Crippen LogP contribution in [0.4, 0.5) is 0 Å². The van der Waals surface area contributed by atoms with Crippen LogP contribution in [0.25, 0.3) is 0 Å². The van der Waals surface area contributed by atoms with Crippen molar-refractivity contribution in [3.63, 3.8) is 0 Å². The van der Waals surface area contributed by atoms with Crippen LogP contribution in [0.15, 0.2) is 30.3 Å². The minimum absolute atomic E-state index is 0. The maximum absolute atomic E-state index is 12.2. The van der Waals surface area contributed by atoms with E-state index in [9.17, 15) is 19.8 Å². The van der Waals surface area contributed by atoms with Crippen molar-refractivity contribution in [2.24, 2.45) is 0 Å². The van der Waals surface area contributed by atoms with Crippen molar-refractivity contribution in [2.75, 3.05) is 79.0 Å². The number of carboxylic acids is 2. The van der Waals surface area contributed by atoms with Crippen LogP contribution in [0.3, 0.4) is 0 Å².